The molecule has 1 fully saturated rings. The van der Waals surface area contributed by atoms with Crippen LogP contribution in [0.3, 0.4) is 0 Å². The van der Waals surface area contributed by atoms with E-state index in [1.54, 1.807) is 28.4 Å². The van der Waals surface area contributed by atoms with Crippen LogP contribution in [-0.4, -0.2) is 39.8 Å². The number of anilines is 1. The highest BCUT2D eigenvalue weighted by atomic mass is 35.5. The van der Waals surface area contributed by atoms with Gasteiger partial charge >= 0.3 is 0 Å². The topological polar surface area (TPSA) is 63.1 Å². The lowest BCUT2D eigenvalue weighted by Crippen LogP contribution is -2.44. The summed E-state index contributed by atoms with van der Waals surface area (Å²) in [6.45, 7) is 3.80. The fourth-order valence-electron chi connectivity index (χ4n) is 3.30. The minimum absolute atomic E-state index is 0.0539. The van der Waals surface area contributed by atoms with Crippen LogP contribution < -0.4 is 10.2 Å². The number of aromatic nitrogens is 3. The van der Waals surface area contributed by atoms with Gasteiger partial charge in [-0.05, 0) is 37.5 Å². The van der Waals surface area contributed by atoms with E-state index in [0.29, 0.717) is 5.56 Å². The Balaban J connectivity index is 1.40. The molecule has 0 aliphatic carbocycles. The number of aryl methyl sites for hydroxylation is 2. The maximum atomic E-state index is 12.3. The number of nitrogens with one attached hydrogen (secondary N) is 1. The summed E-state index contributed by atoms with van der Waals surface area (Å²) in [5, 5.41) is 8.94. The van der Waals surface area contributed by atoms with Crippen molar-refractivity contribution in [2.45, 2.75) is 25.8 Å². The summed E-state index contributed by atoms with van der Waals surface area (Å²) >= 11 is 7.84. The summed E-state index contributed by atoms with van der Waals surface area (Å²) in [5.41, 5.74) is 2.74. The largest absolute Gasteiger partial charge is 0.349 e. The molecule has 1 aromatic carbocycles. The molecule has 3 aromatic rings. The SMILES string of the molecule is Cc1cc(Cl)cc2sc(N3CCC(NC(=O)c4cnn(C)c4)CC3)nc12. The molecule has 0 radical (unpaired) electrons. The Morgan fingerprint density at radius 3 is 2.81 bits per heavy atom. The van der Waals surface area contributed by atoms with Crippen molar-refractivity contribution in [3.05, 3.63) is 40.7 Å². The third-order valence-corrected chi connectivity index (χ3v) is 5.99. The molecule has 1 aliphatic heterocycles. The van der Waals surface area contributed by atoms with Crippen molar-refractivity contribution in [3.8, 4) is 0 Å². The number of hydrogen-bond donors (Lipinski definition) is 1. The second-order valence-electron chi connectivity index (χ2n) is 6.70. The quantitative estimate of drug-likeness (QED) is 0.745. The Labute approximate surface area is 160 Å². The van der Waals surface area contributed by atoms with Gasteiger partial charge in [0.1, 0.15) is 0 Å². The number of rotatable bonds is 3. The molecule has 8 heteroatoms. The molecule has 0 atom stereocenters. The van der Waals surface area contributed by atoms with E-state index in [2.05, 4.69) is 15.3 Å². The molecule has 4 rings (SSSR count). The number of carbonyl (C=O) groups excluding carboxylic acids is 1. The van der Waals surface area contributed by atoms with Crippen LogP contribution in [-0.2, 0) is 7.05 Å². The molecule has 0 spiro atoms. The second kappa shape index (κ2) is 6.89. The molecule has 1 N–H and O–H groups in total. The summed E-state index contributed by atoms with van der Waals surface area (Å²) in [4.78, 5) is 19.4. The number of piperidine rings is 1. The molecule has 2 aromatic heterocycles. The van der Waals surface area contributed by atoms with Gasteiger partial charge in [-0.3, -0.25) is 9.48 Å². The van der Waals surface area contributed by atoms with Crippen LogP contribution in [0.15, 0.2) is 24.5 Å². The van der Waals surface area contributed by atoms with Gasteiger partial charge in [-0.2, -0.15) is 5.10 Å². The van der Waals surface area contributed by atoms with Crippen molar-refractivity contribution in [1.82, 2.24) is 20.1 Å². The third kappa shape index (κ3) is 3.41. The van der Waals surface area contributed by atoms with Crippen molar-refractivity contribution < 1.29 is 4.79 Å². The molecule has 0 saturated carbocycles. The summed E-state index contributed by atoms with van der Waals surface area (Å²) in [5.74, 6) is -0.0539. The maximum Gasteiger partial charge on any atom is 0.254 e. The van der Waals surface area contributed by atoms with E-state index in [-0.39, 0.29) is 11.9 Å². The standard InChI is InChI=1S/C18H20ClN5OS/c1-11-7-13(19)8-15-16(11)22-18(26-15)24-5-3-14(4-6-24)21-17(25)12-9-20-23(2)10-12/h7-10,14H,3-6H2,1-2H3,(H,21,25). The van der Waals surface area contributed by atoms with Crippen LogP contribution in [0.1, 0.15) is 28.8 Å². The smallest absolute Gasteiger partial charge is 0.254 e. The minimum atomic E-state index is -0.0539. The molecule has 26 heavy (non-hydrogen) atoms. The first-order valence-electron chi connectivity index (χ1n) is 8.61. The highest BCUT2D eigenvalue weighted by Gasteiger charge is 2.23. The highest BCUT2D eigenvalue weighted by molar-refractivity contribution is 7.22. The van der Waals surface area contributed by atoms with E-state index < -0.39 is 0 Å². The van der Waals surface area contributed by atoms with Gasteiger partial charge in [-0.15, -0.1) is 0 Å². The Kier molecular flexibility index (Phi) is 4.58. The van der Waals surface area contributed by atoms with Gasteiger partial charge in [-0.1, -0.05) is 22.9 Å². The molecule has 1 amide bonds. The van der Waals surface area contributed by atoms with Gasteiger partial charge in [0, 0.05) is 37.4 Å². The molecule has 0 unspecified atom stereocenters. The van der Waals surface area contributed by atoms with Crippen LogP contribution >= 0.6 is 22.9 Å². The zero-order chi connectivity index (χ0) is 18.3. The van der Waals surface area contributed by atoms with E-state index in [1.807, 2.05) is 26.1 Å². The molecule has 0 bridgehead atoms. The number of benzene rings is 1. The van der Waals surface area contributed by atoms with Gasteiger partial charge in [0.05, 0.1) is 22.0 Å². The van der Waals surface area contributed by atoms with Gasteiger partial charge in [0.15, 0.2) is 5.13 Å². The average molecular weight is 390 g/mol. The van der Waals surface area contributed by atoms with Crippen LogP contribution in [0.4, 0.5) is 5.13 Å². The number of nitrogens with zero attached hydrogens (tertiary/aromatic N) is 4. The lowest BCUT2D eigenvalue weighted by Gasteiger charge is -2.32. The average Bonchev–Trinajstić information content (AvgIpc) is 3.22. The fraction of sp³-hybridized carbons (Fsp3) is 0.389. The molecule has 6 nitrogen and oxygen atoms in total. The molecule has 1 saturated heterocycles. The summed E-state index contributed by atoms with van der Waals surface area (Å²) < 4.78 is 2.76. The predicted octanol–water partition coefficient (Wildman–Crippen LogP) is 3.39. The first kappa shape index (κ1) is 17.3. The normalized spacial score (nSPS) is 15.6. The number of halogens is 1. The van der Waals surface area contributed by atoms with Crippen LogP contribution in [0.25, 0.3) is 10.2 Å². The number of hydrogen-bond acceptors (Lipinski definition) is 5. The van der Waals surface area contributed by atoms with Crippen molar-refractivity contribution in [2.24, 2.45) is 7.05 Å². The predicted molar refractivity (Wildman–Crippen MR) is 105 cm³/mol. The third-order valence-electron chi connectivity index (χ3n) is 4.71. The zero-order valence-corrected chi connectivity index (χ0v) is 16.3. The van der Waals surface area contributed by atoms with Crippen LogP contribution in [0.5, 0.6) is 0 Å². The van der Waals surface area contributed by atoms with Crippen LogP contribution in [0, 0.1) is 6.92 Å². The summed E-state index contributed by atoms with van der Waals surface area (Å²) in [6, 6.07) is 4.11. The highest BCUT2D eigenvalue weighted by Crippen LogP contribution is 2.34. The monoisotopic (exact) mass is 389 g/mol. The number of fused-ring (bicyclic) bond motifs is 1. The Morgan fingerprint density at radius 1 is 1.35 bits per heavy atom. The first-order valence-corrected chi connectivity index (χ1v) is 9.80. The Bertz CT molecular complexity index is 958. The van der Waals surface area contributed by atoms with E-state index in [0.717, 1.165) is 51.9 Å². The Morgan fingerprint density at radius 2 is 2.12 bits per heavy atom. The lowest BCUT2D eigenvalue weighted by molar-refractivity contribution is 0.0931. The summed E-state index contributed by atoms with van der Waals surface area (Å²) in [7, 11) is 1.81. The number of amides is 1. The molecular weight excluding hydrogens is 370 g/mol. The van der Waals surface area contributed by atoms with E-state index in [1.165, 1.54) is 0 Å². The number of carbonyl (C=O) groups is 1. The molecule has 136 valence electrons. The van der Waals surface area contributed by atoms with E-state index >= 15 is 0 Å². The first-order chi connectivity index (χ1) is 12.5. The number of thiazole rings is 1. The van der Waals surface area contributed by atoms with Gasteiger partial charge < -0.3 is 10.2 Å². The van der Waals surface area contributed by atoms with Crippen LogP contribution in [0.2, 0.25) is 5.02 Å². The lowest BCUT2D eigenvalue weighted by atomic mass is 10.1. The fourth-order valence-corrected chi connectivity index (χ4v) is 4.77. The van der Waals surface area contributed by atoms with Crippen molar-refractivity contribution in [2.75, 3.05) is 18.0 Å². The van der Waals surface area contributed by atoms with Gasteiger partial charge in [0.2, 0.25) is 0 Å². The van der Waals surface area contributed by atoms with Crippen molar-refractivity contribution in [1.29, 1.82) is 0 Å². The zero-order valence-electron chi connectivity index (χ0n) is 14.7. The maximum absolute atomic E-state index is 12.3. The van der Waals surface area contributed by atoms with E-state index in [9.17, 15) is 4.79 Å². The molecule has 1 aliphatic rings. The Hall–Kier alpha value is -2.12. The molecular formula is C18H20ClN5OS. The van der Waals surface area contributed by atoms with Crippen molar-refractivity contribution >= 4 is 44.2 Å². The van der Waals surface area contributed by atoms with Gasteiger partial charge in [0.25, 0.3) is 5.91 Å². The minimum Gasteiger partial charge on any atom is -0.349 e. The van der Waals surface area contributed by atoms with Gasteiger partial charge in [-0.25, -0.2) is 4.98 Å². The van der Waals surface area contributed by atoms with E-state index in [4.69, 9.17) is 16.6 Å². The van der Waals surface area contributed by atoms with Crippen molar-refractivity contribution in [3.63, 3.8) is 0 Å². The summed E-state index contributed by atoms with van der Waals surface area (Å²) in [6.07, 6.45) is 5.14. The second-order valence-corrected chi connectivity index (χ2v) is 8.15. The molecule has 3 heterocycles.